The van der Waals surface area contributed by atoms with E-state index in [1.165, 1.54) is 0 Å². The van der Waals surface area contributed by atoms with Gasteiger partial charge in [0.1, 0.15) is 23.0 Å². The first-order valence-corrected chi connectivity index (χ1v) is 7.77. The van der Waals surface area contributed by atoms with E-state index < -0.39 is 0 Å². The third kappa shape index (κ3) is 3.37. The van der Waals surface area contributed by atoms with Crippen molar-refractivity contribution in [3.8, 4) is 0 Å². The van der Waals surface area contributed by atoms with Gasteiger partial charge in [0.25, 0.3) is 0 Å². The van der Waals surface area contributed by atoms with Gasteiger partial charge in [-0.15, -0.1) is 0 Å². The van der Waals surface area contributed by atoms with Gasteiger partial charge in [-0.05, 0) is 19.8 Å². The normalized spacial score (nSPS) is 19.1. The van der Waals surface area contributed by atoms with E-state index in [0.29, 0.717) is 17.9 Å². The van der Waals surface area contributed by atoms with Crippen LogP contribution in [-0.4, -0.2) is 29.2 Å². The van der Waals surface area contributed by atoms with Gasteiger partial charge < -0.3 is 7.97 Å². The van der Waals surface area contributed by atoms with Crippen LogP contribution in [0.1, 0.15) is 45.0 Å². The van der Waals surface area contributed by atoms with Crippen molar-refractivity contribution in [1.82, 2.24) is 9.97 Å². The molecular weight excluding hydrogens is 353 g/mol. The number of halogens is 1. The van der Waals surface area contributed by atoms with Crippen LogP contribution in [0.25, 0.3) is 0 Å². The molecule has 4 nitrogen and oxygen atoms in total. The molecular formula is C14H22IN3O. The molecule has 0 bridgehead atoms. The van der Waals surface area contributed by atoms with Gasteiger partial charge in [0.2, 0.25) is 0 Å². The smallest absolute Gasteiger partial charge is 0.150 e. The first-order valence-electron chi connectivity index (χ1n) is 6.89. The molecule has 0 aliphatic carbocycles. The van der Waals surface area contributed by atoms with E-state index >= 15 is 0 Å². The highest BCUT2D eigenvalue weighted by atomic mass is 127. The van der Waals surface area contributed by atoms with Crippen molar-refractivity contribution >= 4 is 28.8 Å². The molecule has 0 N–H and O–H groups in total. The van der Waals surface area contributed by atoms with Gasteiger partial charge in [-0.1, -0.05) is 13.8 Å². The molecule has 1 atom stereocenters. The summed E-state index contributed by atoms with van der Waals surface area (Å²) in [6.45, 7) is 10.5. The Labute approximate surface area is 129 Å². The average molecular weight is 375 g/mol. The standard InChI is InChI=1S/C14H22IN3O/c1-9(2)13-6-16-12-5-11(8-19-15)7-18(10(3)4)14(12)17-13/h6,9-11H,5,7-8H2,1-4H3. The molecule has 1 unspecified atom stereocenters. The molecule has 2 rings (SSSR count). The van der Waals surface area contributed by atoms with E-state index in [0.717, 1.165) is 36.8 Å². The van der Waals surface area contributed by atoms with E-state index in [4.69, 9.17) is 8.05 Å². The second-order valence-electron chi connectivity index (χ2n) is 5.81. The number of anilines is 1. The predicted molar refractivity (Wildman–Crippen MR) is 85.8 cm³/mol. The molecule has 2 heterocycles. The molecule has 1 aromatic heterocycles. The van der Waals surface area contributed by atoms with Gasteiger partial charge >= 0.3 is 0 Å². The molecule has 5 heteroatoms. The lowest BCUT2D eigenvalue weighted by Gasteiger charge is -2.37. The minimum atomic E-state index is 0.419. The Kier molecular flexibility index (Phi) is 5.00. The molecule has 1 aliphatic heterocycles. The Balaban J connectivity index is 2.34. The molecule has 0 saturated heterocycles. The summed E-state index contributed by atoms with van der Waals surface area (Å²) in [6.07, 6.45) is 2.89. The molecule has 106 valence electrons. The number of fused-ring (bicyclic) bond motifs is 1. The van der Waals surface area contributed by atoms with Crippen LogP contribution in [-0.2, 0) is 9.49 Å². The maximum Gasteiger partial charge on any atom is 0.150 e. The molecule has 1 aromatic rings. The number of hydrogen-bond acceptors (Lipinski definition) is 4. The Morgan fingerprint density at radius 1 is 1.42 bits per heavy atom. The lowest BCUT2D eigenvalue weighted by molar-refractivity contribution is 0.307. The van der Waals surface area contributed by atoms with Gasteiger partial charge in [-0.2, -0.15) is 0 Å². The van der Waals surface area contributed by atoms with Crippen molar-refractivity contribution in [2.75, 3.05) is 18.1 Å². The summed E-state index contributed by atoms with van der Waals surface area (Å²) in [4.78, 5) is 11.8. The van der Waals surface area contributed by atoms with Crippen molar-refractivity contribution in [2.24, 2.45) is 5.92 Å². The summed E-state index contributed by atoms with van der Waals surface area (Å²) >= 11 is 1.97. The number of aromatic nitrogens is 2. The Hall–Kier alpha value is -0.430. The summed E-state index contributed by atoms with van der Waals surface area (Å²) in [6, 6.07) is 0.437. The van der Waals surface area contributed by atoms with Gasteiger partial charge in [0.15, 0.2) is 5.82 Å². The maximum atomic E-state index is 5.28. The number of rotatable bonds is 4. The highest BCUT2D eigenvalue weighted by Crippen LogP contribution is 2.29. The highest BCUT2D eigenvalue weighted by molar-refractivity contribution is 14.1. The summed E-state index contributed by atoms with van der Waals surface area (Å²) in [7, 11) is 0. The summed E-state index contributed by atoms with van der Waals surface area (Å²) in [5.41, 5.74) is 2.19. The van der Waals surface area contributed by atoms with Crippen molar-refractivity contribution < 1.29 is 3.07 Å². The Bertz CT molecular complexity index is 437. The fourth-order valence-corrected chi connectivity index (χ4v) is 2.94. The van der Waals surface area contributed by atoms with Crippen LogP contribution in [0.2, 0.25) is 0 Å². The summed E-state index contributed by atoms with van der Waals surface area (Å²) in [5, 5.41) is 0. The predicted octanol–water partition coefficient (Wildman–Crippen LogP) is 3.35. The molecule has 0 fully saturated rings. The fraction of sp³-hybridized carbons (Fsp3) is 0.714. The molecule has 1 aliphatic rings. The number of nitrogens with zero attached hydrogens (tertiary/aromatic N) is 3. The Morgan fingerprint density at radius 3 is 2.74 bits per heavy atom. The first-order chi connectivity index (χ1) is 9.02. The topological polar surface area (TPSA) is 38.2 Å². The lowest BCUT2D eigenvalue weighted by Crippen LogP contribution is -2.42. The summed E-state index contributed by atoms with van der Waals surface area (Å²) < 4.78 is 5.28. The zero-order valence-corrected chi connectivity index (χ0v) is 14.2. The molecule has 0 radical (unpaired) electrons. The van der Waals surface area contributed by atoms with Crippen LogP contribution < -0.4 is 4.90 Å². The van der Waals surface area contributed by atoms with Crippen molar-refractivity contribution in [3.63, 3.8) is 0 Å². The highest BCUT2D eigenvalue weighted by Gasteiger charge is 2.28. The SMILES string of the molecule is CC(C)c1cnc2c(n1)N(C(C)C)CC(COI)C2. The summed E-state index contributed by atoms with van der Waals surface area (Å²) in [5.74, 6) is 2.00. The third-order valence-electron chi connectivity index (χ3n) is 3.57. The van der Waals surface area contributed by atoms with E-state index in [1.54, 1.807) is 0 Å². The Morgan fingerprint density at radius 2 is 2.16 bits per heavy atom. The van der Waals surface area contributed by atoms with Crippen molar-refractivity contribution in [3.05, 3.63) is 17.6 Å². The van der Waals surface area contributed by atoms with Crippen LogP contribution in [0.15, 0.2) is 6.20 Å². The van der Waals surface area contributed by atoms with Gasteiger partial charge in [0.05, 0.1) is 18.0 Å². The van der Waals surface area contributed by atoms with Gasteiger partial charge in [-0.25, -0.2) is 4.98 Å². The van der Waals surface area contributed by atoms with Crippen LogP contribution >= 0.6 is 23.0 Å². The quantitative estimate of drug-likeness (QED) is 0.757. The zero-order valence-electron chi connectivity index (χ0n) is 12.1. The lowest BCUT2D eigenvalue weighted by atomic mass is 9.97. The molecule has 19 heavy (non-hydrogen) atoms. The van der Waals surface area contributed by atoms with E-state index in [9.17, 15) is 0 Å². The maximum absolute atomic E-state index is 5.28. The monoisotopic (exact) mass is 375 g/mol. The van der Waals surface area contributed by atoms with E-state index in [2.05, 4.69) is 37.6 Å². The second-order valence-corrected chi connectivity index (χ2v) is 6.43. The molecule has 0 saturated carbocycles. The van der Waals surface area contributed by atoms with E-state index in [1.807, 2.05) is 29.2 Å². The minimum absolute atomic E-state index is 0.419. The van der Waals surface area contributed by atoms with Crippen LogP contribution in [0, 0.1) is 5.92 Å². The molecule has 0 aromatic carbocycles. The largest absolute Gasteiger partial charge is 0.352 e. The number of hydrogen-bond donors (Lipinski definition) is 0. The molecule has 0 spiro atoms. The average Bonchev–Trinajstić information content (AvgIpc) is 2.37. The van der Waals surface area contributed by atoms with Gasteiger partial charge in [0, 0.05) is 31.1 Å². The minimum Gasteiger partial charge on any atom is -0.352 e. The second kappa shape index (κ2) is 6.35. The van der Waals surface area contributed by atoms with Crippen LogP contribution in [0.3, 0.4) is 0 Å². The van der Waals surface area contributed by atoms with Crippen molar-refractivity contribution in [2.45, 2.75) is 46.1 Å². The van der Waals surface area contributed by atoms with Crippen molar-refractivity contribution in [1.29, 1.82) is 0 Å². The van der Waals surface area contributed by atoms with Crippen LogP contribution in [0.4, 0.5) is 5.82 Å². The third-order valence-corrected chi connectivity index (χ3v) is 3.93. The van der Waals surface area contributed by atoms with E-state index in [-0.39, 0.29) is 0 Å². The van der Waals surface area contributed by atoms with Gasteiger partial charge in [-0.3, -0.25) is 4.98 Å². The molecule has 0 amide bonds. The van der Waals surface area contributed by atoms with Crippen LogP contribution in [0.5, 0.6) is 0 Å². The zero-order chi connectivity index (χ0) is 14.0. The first kappa shape index (κ1) is 15.0. The fourth-order valence-electron chi connectivity index (χ4n) is 2.43.